The molecule has 11 heteroatoms. The molecule has 0 saturated carbocycles. The van der Waals surface area contributed by atoms with Gasteiger partial charge in [-0.15, -0.1) is 0 Å². The zero-order valence-corrected chi connectivity index (χ0v) is 18.8. The number of hydrogen-bond acceptors (Lipinski definition) is 9. The minimum absolute atomic E-state index is 0.118. The van der Waals surface area contributed by atoms with Crippen LogP contribution >= 0.6 is 15.9 Å². The van der Waals surface area contributed by atoms with E-state index >= 15 is 0 Å². The lowest BCUT2D eigenvalue weighted by atomic mass is 9.56. The number of aliphatic hydroxyl groups is 3. The monoisotopic (exact) mass is 521 g/mol. The van der Waals surface area contributed by atoms with Crippen LogP contribution in [-0.4, -0.2) is 60.9 Å². The molecule has 0 heterocycles. The van der Waals surface area contributed by atoms with Gasteiger partial charge < -0.3 is 30.9 Å². The highest BCUT2D eigenvalue weighted by Gasteiger charge is 2.65. The second-order valence-electron chi connectivity index (χ2n) is 8.33. The number of halogens is 1. The Morgan fingerprint density at radius 1 is 1.24 bits per heavy atom. The van der Waals surface area contributed by atoms with Crippen molar-refractivity contribution in [3.63, 3.8) is 0 Å². The maximum Gasteiger partial charge on any atom is 0.316 e. The molecule has 4 rings (SSSR count). The van der Waals surface area contributed by atoms with Crippen LogP contribution in [0.2, 0.25) is 0 Å². The molecule has 0 fully saturated rings. The zero-order chi connectivity index (χ0) is 24.4. The van der Waals surface area contributed by atoms with Crippen LogP contribution in [0.25, 0.3) is 0 Å². The van der Waals surface area contributed by atoms with Gasteiger partial charge in [-0.3, -0.25) is 19.2 Å². The number of Topliss-reactive ketones (excluding diaryl/α,β-unsaturated/α-hetero) is 2. The average Bonchev–Trinajstić information content (AvgIpc) is 2.75. The first-order chi connectivity index (χ1) is 15.5. The fourth-order valence-corrected chi connectivity index (χ4v) is 5.39. The normalized spacial score (nSPS) is 31.0. The largest absolute Gasteiger partial charge is 0.511 e. The number of hydrogen-bond donors (Lipinski definition) is 5. The van der Waals surface area contributed by atoms with Gasteiger partial charge >= 0.3 is 5.97 Å². The first kappa shape index (κ1) is 23.0. The molecule has 0 aromatic heterocycles. The van der Waals surface area contributed by atoms with Crippen molar-refractivity contribution in [2.24, 2.45) is 17.6 Å². The van der Waals surface area contributed by atoms with Gasteiger partial charge in [-0.05, 0) is 17.5 Å². The van der Waals surface area contributed by atoms with Crippen LogP contribution in [0.1, 0.15) is 35.2 Å². The number of benzene rings is 1. The average molecular weight is 522 g/mol. The van der Waals surface area contributed by atoms with E-state index in [1.165, 1.54) is 12.1 Å². The predicted octanol–water partition coefficient (Wildman–Crippen LogP) is 1.06. The Balaban J connectivity index is 2.03. The molecule has 1 aromatic carbocycles. The number of aromatic hydroxyl groups is 1. The van der Waals surface area contributed by atoms with E-state index in [2.05, 4.69) is 15.9 Å². The smallest absolute Gasteiger partial charge is 0.316 e. The second kappa shape index (κ2) is 7.70. The Hall–Kier alpha value is -3.18. The number of carbonyl (C=O) groups excluding carboxylic acids is 4. The van der Waals surface area contributed by atoms with E-state index in [1.807, 2.05) is 0 Å². The van der Waals surface area contributed by atoms with E-state index in [0.29, 0.717) is 5.56 Å². The van der Waals surface area contributed by atoms with Crippen molar-refractivity contribution in [2.45, 2.75) is 31.0 Å². The number of nitrogens with two attached hydrogens (primary N) is 1. The summed E-state index contributed by atoms with van der Waals surface area (Å²) in [5.74, 6) is -9.52. The van der Waals surface area contributed by atoms with E-state index in [0.717, 1.165) is 0 Å². The number of phenolic OH excluding ortho intramolecular Hbond substituents is 1. The molecule has 0 unspecified atom stereocenters. The Morgan fingerprint density at radius 2 is 1.91 bits per heavy atom. The van der Waals surface area contributed by atoms with E-state index < -0.39 is 82.0 Å². The number of ketones is 2. The van der Waals surface area contributed by atoms with Crippen molar-refractivity contribution in [1.82, 2.24) is 0 Å². The van der Waals surface area contributed by atoms with Gasteiger partial charge in [0.1, 0.15) is 34.3 Å². The molecule has 5 atom stereocenters. The molecule has 0 aliphatic heterocycles. The number of esters is 1. The highest BCUT2D eigenvalue weighted by atomic mass is 79.9. The topological polar surface area (TPSA) is 184 Å². The summed E-state index contributed by atoms with van der Waals surface area (Å²) < 4.78 is 5.54. The van der Waals surface area contributed by atoms with Crippen molar-refractivity contribution in [2.75, 3.05) is 5.33 Å². The van der Waals surface area contributed by atoms with Crippen molar-refractivity contribution in [3.05, 3.63) is 52.0 Å². The minimum Gasteiger partial charge on any atom is -0.511 e. The van der Waals surface area contributed by atoms with Gasteiger partial charge in [0.15, 0.2) is 11.4 Å². The highest BCUT2D eigenvalue weighted by molar-refractivity contribution is 9.09. The van der Waals surface area contributed by atoms with Crippen LogP contribution in [0.4, 0.5) is 0 Å². The van der Waals surface area contributed by atoms with Crippen molar-refractivity contribution < 1.29 is 44.3 Å². The highest BCUT2D eigenvalue weighted by Crippen LogP contribution is 2.55. The number of alkyl halides is 1. The molecule has 1 amide bonds. The summed E-state index contributed by atoms with van der Waals surface area (Å²) >= 11 is 2.97. The molecule has 6 N–H and O–H groups in total. The maximum atomic E-state index is 13.4. The Labute approximate surface area is 195 Å². The maximum absolute atomic E-state index is 13.4. The number of ether oxygens (including phenoxy) is 1. The van der Waals surface area contributed by atoms with Gasteiger partial charge in [0.05, 0.1) is 5.56 Å². The lowest BCUT2D eigenvalue weighted by Crippen LogP contribution is -2.63. The third-order valence-corrected chi connectivity index (χ3v) is 7.17. The molecule has 0 bridgehead atoms. The summed E-state index contributed by atoms with van der Waals surface area (Å²) in [7, 11) is 0. The third-order valence-electron chi connectivity index (χ3n) is 6.71. The van der Waals surface area contributed by atoms with E-state index in [9.17, 15) is 39.6 Å². The zero-order valence-electron chi connectivity index (χ0n) is 17.2. The van der Waals surface area contributed by atoms with Crippen molar-refractivity contribution >= 4 is 39.4 Å². The van der Waals surface area contributed by atoms with Gasteiger partial charge in [-0.1, -0.05) is 35.0 Å². The molecule has 0 radical (unpaired) electrons. The SMILES string of the molecule is C[C@H]1c2cccc(O)c2C(=O)C2=C(O)[C@]3(O)C(=O)C(C(N)=O)=C(O)C[C@@H]3[C@@H](OC(=O)CBr)[C@@H]21. The van der Waals surface area contributed by atoms with E-state index in [-0.39, 0.29) is 16.6 Å². The predicted molar refractivity (Wildman–Crippen MR) is 115 cm³/mol. The minimum atomic E-state index is -2.86. The molecule has 10 nitrogen and oxygen atoms in total. The number of aliphatic hydroxyl groups excluding tert-OH is 2. The fraction of sp³-hybridized carbons (Fsp3) is 0.364. The van der Waals surface area contributed by atoms with Crippen LogP contribution in [0.5, 0.6) is 5.75 Å². The molecule has 33 heavy (non-hydrogen) atoms. The third kappa shape index (κ3) is 3.02. The lowest BCUT2D eigenvalue weighted by Gasteiger charge is -2.51. The van der Waals surface area contributed by atoms with Gasteiger partial charge in [0.25, 0.3) is 5.91 Å². The number of allylic oxidation sites excluding steroid dienone is 1. The Kier molecular flexibility index (Phi) is 5.37. The van der Waals surface area contributed by atoms with Crippen LogP contribution < -0.4 is 5.73 Å². The van der Waals surface area contributed by atoms with E-state index in [4.69, 9.17) is 10.5 Å². The molecule has 0 saturated heterocycles. The Morgan fingerprint density at radius 3 is 2.52 bits per heavy atom. The number of primary amides is 1. The van der Waals surface area contributed by atoms with Crippen molar-refractivity contribution in [1.29, 1.82) is 0 Å². The Bertz CT molecular complexity index is 1190. The molecular formula is C22H20BrNO9. The van der Waals surface area contributed by atoms with Gasteiger partial charge in [-0.2, -0.15) is 0 Å². The van der Waals surface area contributed by atoms with Crippen LogP contribution in [0.3, 0.4) is 0 Å². The van der Waals surface area contributed by atoms with Crippen molar-refractivity contribution in [3.8, 4) is 5.75 Å². The summed E-state index contributed by atoms with van der Waals surface area (Å²) in [6.45, 7) is 1.68. The number of fused-ring (bicyclic) bond motifs is 3. The summed E-state index contributed by atoms with van der Waals surface area (Å²) in [5, 5.41) is 43.0. The number of carbonyl (C=O) groups is 4. The number of rotatable bonds is 3. The second-order valence-corrected chi connectivity index (χ2v) is 8.89. The van der Waals surface area contributed by atoms with Gasteiger partial charge in [0, 0.05) is 23.8 Å². The summed E-state index contributed by atoms with van der Waals surface area (Å²) in [4.78, 5) is 50.6. The first-order valence-corrected chi connectivity index (χ1v) is 11.1. The van der Waals surface area contributed by atoms with Gasteiger partial charge in [-0.25, -0.2) is 0 Å². The van der Waals surface area contributed by atoms with Gasteiger partial charge in [0.2, 0.25) is 5.78 Å². The van der Waals surface area contributed by atoms with E-state index in [1.54, 1.807) is 13.0 Å². The quantitative estimate of drug-likeness (QED) is 0.220. The lowest BCUT2D eigenvalue weighted by molar-refractivity contribution is -0.172. The first-order valence-electron chi connectivity index (χ1n) is 10.0. The number of phenols is 1. The summed E-state index contributed by atoms with van der Waals surface area (Å²) in [5.41, 5.74) is 1.31. The molecule has 174 valence electrons. The summed E-state index contributed by atoms with van der Waals surface area (Å²) in [6.07, 6.45) is -1.87. The van der Waals surface area contributed by atoms with Crippen LogP contribution in [0.15, 0.2) is 40.9 Å². The van der Waals surface area contributed by atoms with Crippen LogP contribution in [-0.2, 0) is 19.1 Å². The molecular weight excluding hydrogens is 502 g/mol. The fourth-order valence-electron chi connectivity index (χ4n) is 5.26. The summed E-state index contributed by atoms with van der Waals surface area (Å²) in [6, 6.07) is 4.41. The standard InChI is InChI=1S/C22H20BrNO9/c1-7-8-3-2-4-10(25)14(8)17(28)16-13(7)18(33-12(27)6-23)9-5-11(26)15(21(24)31)19(29)22(9,32)20(16)30/h2-4,7,9,13,18,25-26,30,32H,5-6H2,1H3,(H2,24,31)/t7-,9+,13+,18+,22+/m0/s1. The molecule has 1 aromatic rings. The molecule has 3 aliphatic rings. The van der Waals surface area contributed by atoms with Crippen LogP contribution in [0, 0.1) is 11.8 Å². The number of amides is 1. The molecule has 0 spiro atoms. The molecule has 3 aliphatic carbocycles.